The Balaban J connectivity index is 4.58. The first-order valence-corrected chi connectivity index (χ1v) is 6.39. The second-order valence-corrected chi connectivity index (χ2v) is 5.04. The van der Waals surface area contributed by atoms with E-state index < -0.39 is 24.0 Å². The number of carbonyl (C=O) groups excluding carboxylic acids is 2. The Morgan fingerprint density at radius 2 is 1.83 bits per heavy atom. The average Bonchev–Trinajstić information content (AvgIpc) is 2.32. The summed E-state index contributed by atoms with van der Waals surface area (Å²) in [6, 6.07) is -0.700. The van der Waals surface area contributed by atoms with Crippen LogP contribution in [0.5, 0.6) is 0 Å². The molecular weight excluding hydrogens is 234 g/mol. The molecule has 0 aliphatic rings. The van der Waals surface area contributed by atoms with Crippen LogP contribution >= 0.6 is 0 Å². The lowest BCUT2D eigenvalue weighted by molar-refractivity contribution is -0.148. The van der Waals surface area contributed by atoms with Gasteiger partial charge in [-0.2, -0.15) is 0 Å². The van der Waals surface area contributed by atoms with Gasteiger partial charge in [-0.05, 0) is 18.3 Å². The molecule has 0 unspecified atom stereocenters. The van der Waals surface area contributed by atoms with Crippen LogP contribution in [0.1, 0.15) is 40.5 Å². The second-order valence-electron chi connectivity index (χ2n) is 5.04. The van der Waals surface area contributed by atoms with Crippen LogP contribution in [-0.4, -0.2) is 36.2 Å². The Morgan fingerprint density at radius 1 is 1.28 bits per heavy atom. The molecule has 0 heterocycles. The van der Waals surface area contributed by atoms with Gasteiger partial charge < -0.3 is 15.2 Å². The van der Waals surface area contributed by atoms with E-state index >= 15 is 0 Å². The quantitative estimate of drug-likeness (QED) is 0.671. The van der Waals surface area contributed by atoms with Gasteiger partial charge in [0.2, 0.25) is 5.91 Å². The van der Waals surface area contributed by atoms with Crippen molar-refractivity contribution in [3.05, 3.63) is 0 Å². The molecule has 5 nitrogen and oxygen atoms in total. The molecule has 106 valence electrons. The molecule has 3 atom stereocenters. The number of hydrogen-bond donors (Lipinski definition) is 2. The largest absolute Gasteiger partial charge is 0.467 e. The number of ether oxygens (including phenoxy) is 1. The summed E-state index contributed by atoms with van der Waals surface area (Å²) >= 11 is 0. The number of carbonyl (C=O) groups is 2. The zero-order chi connectivity index (χ0) is 14.3. The van der Waals surface area contributed by atoms with Crippen LogP contribution in [0, 0.1) is 11.8 Å². The molecule has 0 radical (unpaired) electrons. The van der Waals surface area contributed by atoms with Crippen LogP contribution in [0.25, 0.3) is 0 Å². The number of methoxy groups -OCH3 is 1. The van der Waals surface area contributed by atoms with Crippen molar-refractivity contribution in [2.75, 3.05) is 7.11 Å². The molecule has 2 N–H and O–H groups in total. The van der Waals surface area contributed by atoms with Crippen molar-refractivity contribution in [1.82, 2.24) is 5.32 Å². The summed E-state index contributed by atoms with van der Waals surface area (Å²) in [5.74, 6) is -0.813. The molecule has 1 amide bonds. The first-order valence-electron chi connectivity index (χ1n) is 6.39. The summed E-state index contributed by atoms with van der Waals surface area (Å²) in [6.07, 6.45) is 0.0295. The number of aliphatic hydroxyl groups is 1. The molecule has 5 heteroatoms. The highest BCUT2D eigenvalue weighted by atomic mass is 16.5. The zero-order valence-corrected chi connectivity index (χ0v) is 11.9. The SMILES string of the molecule is CC[C@@H](C)[C@@H](NC(=O)[C@@H](O)CC(C)C)C(=O)OC. The molecule has 0 aliphatic carbocycles. The fraction of sp³-hybridized carbons (Fsp3) is 0.846. The Labute approximate surface area is 109 Å². The highest BCUT2D eigenvalue weighted by Gasteiger charge is 2.29. The fourth-order valence-electron chi connectivity index (χ4n) is 1.60. The average molecular weight is 259 g/mol. The number of rotatable bonds is 7. The van der Waals surface area contributed by atoms with Gasteiger partial charge in [0.25, 0.3) is 0 Å². The maximum absolute atomic E-state index is 11.8. The third-order valence-corrected chi connectivity index (χ3v) is 2.96. The number of amides is 1. The van der Waals surface area contributed by atoms with Crippen molar-refractivity contribution in [3.63, 3.8) is 0 Å². The van der Waals surface area contributed by atoms with E-state index in [0.717, 1.165) is 6.42 Å². The smallest absolute Gasteiger partial charge is 0.328 e. The van der Waals surface area contributed by atoms with Gasteiger partial charge in [0.15, 0.2) is 0 Å². The van der Waals surface area contributed by atoms with Crippen molar-refractivity contribution in [1.29, 1.82) is 0 Å². The van der Waals surface area contributed by atoms with Crippen molar-refractivity contribution < 1.29 is 19.4 Å². The standard InChI is InChI=1S/C13H25NO4/c1-6-9(4)11(13(17)18-5)14-12(16)10(15)7-8(2)3/h8-11,15H,6-7H2,1-5H3,(H,14,16)/t9-,10+,11-/m1/s1. The van der Waals surface area contributed by atoms with Crippen molar-refractivity contribution in [2.24, 2.45) is 11.8 Å². The van der Waals surface area contributed by atoms with Gasteiger partial charge in [-0.1, -0.05) is 34.1 Å². The normalized spacial score (nSPS) is 15.9. The maximum Gasteiger partial charge on any atom is 0.328 e. The Morgan fingerprint density at radius 3 is 2.22 bits per heavy atom. The van der Waals surface area contributed by atoms with Gasteiger partial charge in [-0.15, -0.1) is 0 Å². The van der Waals surface area contributed by atoms with Gasteiger partial charge in [0.1, 0.15) is 12.1 Å². The summed E-state index contributed by atoms with van der Waals surface area (Å²) in [5.41, 5.74) is 0. The molecule has 0 saturated carbocycles. The van der Waals surface area contributed by atoms with E-state index in [1.54, 1.807) is 0 Å². The molecule has 0 fully saturated rings. The summed E-state index contributed by atoms with van der Waals surface area (Å²) in [6.45, 7) is 7.62. The molecular formula is C13H25NO4. The zero-order valence-electron chi connectivity index (χ0n) is 11.9. The summed E-state index contributed by atoms with van der Waals surface area (Å²) < 4.78 is 4.66. The molecule has 0 aromatic heterocycles. The van der Waals surface area contributed by atoms with Gasteiger partial charge in [-0.25, -0.2) is 4.79 Å². The first-order chi connectivity index (χ1) is 8.33. The van der Waals surface area contributed by atoms with Crippen molar-refractivity contribution >= 4 is 11.9 Å². The fourth-order valence-corrected chi connectivity index (χ4v) is 1.60. The molecule has 18 heavy (non-hydrogen) atoms. The predicted molar refractivity (Wildman–Crippen MR) is 68.9 cm³/mol. The third-order valence-electron chi connectivity index (χ3n) is 2.96. The van der Waals surface area contributed by atoms with E-state index in [1.807, 2.05) is 27.7 Å². The second kappa shape index (κ2) is 8.08. The number of aliphatic hydroxyl groups excluding tert-OH is 1. The van der Waals surface area contributed by atoms with Gasteiger partial charge >= 0.3 is 5.97 Å². The minimum atomic E-state index is -1.08. The number of esters is 1. The predicted octanol–water partition coefficient (Wildman–Crippen LogP) is 1.10. The topological polar surface area (TPSA) is 75.6 Å². The monoisotopic (exact) mass is 259 g/mol. The van der Waals surface area contributed by atoms with E-state index in [0.29, 0.717) is 6.42 Å². The van der Waals surface area contributed by atoms with Crippen LogP contribution in [0.2, 0.25) is 0 Å². The van der Waals surface area contributed by atoms with Crippen molar-refractivity contribution in [2.45, 2.75) is 52.7 Å². The van der Waals surface area contributed by atoms with Crippen molar-refractivity contribution in [3.8, 4) is 0 Å². The molecule has 0 bridgehead atoms. The van der Waals surface area contributed by atoms with Crippen LogP contribution in [-0.2, 0) is 14.3 Å². The lowest BCUT2D eigenvalue weighted by atomic mass is 9.98. The lowest BCUT2D eigenvalue weighted by Crippen LogP contribution is -2.49. The lowest BCUT2D eigenvalue weighted by Gasteiger charge is -2.23. The van der Waals surface area contributed by atoms with E-state index in [9.17, 15) is 14.7 Å². The molecule has 0 rings (SSSR count). The Kier molecular flexibility index (Phi) is 7.59. The molecule has 0 spiro atoms. The Hall–Kier alpha value is -1.10. The summed E-state index contributed by atoms with van der Waals surface area (Å²) in [7, 11) is 1.29. The van der Waals surface area contributed by atoms with Gasteiger partial charge in [0, 0.05) is 0 Å². The minimum Gasteiger partial charge on any atom is -0.467 e. The molecule has 0 aliphatic heterocycles. The third kappa shape index (κ3) is 5.49. The van der Waals surface area contributed by atoms with Crippen LogP contribution in [0.3, 0.4) is 0 Å². The van der Waals surface area contributed by atoms with Crippen LogP contribution in [0.15, 0.2) is 0 Å². The highest BCUT2D eigenvalue weighted by Crippen LogP contribution is 2.11. The van der Waals surface area contributed by atoms with Gasteiger partial charge in [0.05, 0.1) is 7.11 Å². The number of hydrogen-bond acceptors (Lipinski definition) is 4. The van der Waals surface area contributed by atoms with E-state index in [-0.39, 0.29) is 11.8 Å². The maximum atomic E-state index is 11.8. The van der Waals surface area contributed by atoms with Gasteiger partial charge in [-0.3, -0.25) is 4.79 Å². The van der Waals surface area contributed by atoms with Crippen LogP contribution in [0.4, 0.5) is 0 Å². The molecule has 0 aromatic carbocycles. The highest BCUT2D eigenvalue weighted by molar-refractivity contribution is 5.86. The van der Waals surface area contributed by atoms with E-state index in [2.05, 4.69) is 10.1 Å². The molecule has 0 aromatic rings. The Bertz CT molecular complexity index is 278. The summed E-state index contributed by atoms with van der Waals surface area (Å²) in [4.78, 5) is 23.3. The number of nitrogens with one attached hydrogen (secondary N) is 1. The first kappa shape index (κ1) is 16.9. The summed E-state index contributed by atoms with van der Waals surface area (Å²) in [5, 5.41) is 12.2. The minimum absolute atomic E-state index is 0.0346. The van der Waals surface area contributed by atoms with Crippen LogP contribution < -0.4 is 5.32 Å². The molecule has 0 saturated heterocycles. The van der Waals surface area contributed by atoms with E-state index in [1.165, 1.54) is 7.11 Å². The van der Waals surface area contributed by atoms with E-state index in [4.69, 9.17) is 0 Å².